The van der Waals surface area contributed by atoms with Crippen LogP contribution in [0.25, 0.3) is 6.08 Å². The third-order valence-electron chi connectivity index (χ3n) is 3.18. The van der Waals surface area contributed by atoms with Gasteiger partial charge in [-0.25, -0.2) is 4.39 Å². The average Bonchev–Trinajstić information content (AvgIpc) is 2.58. The standard InChI is InChI=1S/C18H17FN2O2/c1-20-18(23)15-8-5-13(6-9-15)7-10-17(22)21-12-14-3-2-4-16(19)11-14/h2-11H,12H2,1H3,(H,20,23)(H,21,22)/b10-7+. The molecule has 0 atom stereocenters. The first kappa shape index (κ1) is 16.4. The molecular weight excluding hydrogens is 295 g/mol. The molecule has 0 radical (unpaired) electrons. The van der Waals surface area contributed by atoms with E-state index in [1.165, 1.54) is 18.2 Å². The second kappa shape index (κ2) is 7.89. The Morgan fingerprint density at radius 2 is 1.87 bits per heavy atom. The van der Waals surface area contributed by atoms with Crippen molar-refractivity contribution < 1.29 is 14.0 Å². The first-order valence-electron chi connectivity index (χ1n) is 7.11. The van der Waals surface area contributed by atoms with Gasteiger partial charge in [0.1, 0.15) is 5.82 Å². The summed E-state index contributed by atoms with van der Waals surface area (Å²) >= 11 is 0. The predicted molar refractivity (Wildman–Crippen MR) is 87.1 cm³/mol. The minimum Gasteiger partial charge on any atom is -0.355 e. The molecule has 0 saturated heterocycles. The summed E-state index contributed by atoms with van der Waals surface area (Å²) in [7, 11) is 1.57. The van der Waals surface area contributed by atoms with Gasteiger partial charge in [0, 0.05) is 25.2 Å². The smallest absolute Gasteiger partial charge is 0.251 e. The van der Waals surface area contributed by atoms with Crippen molar-refractivity contribution in [3.8, 4) is 0 Å². The van der Waals surface area contributed by atoms with E-state index in [0.29, 0.717) is 11.1 Å². The van der Waals surface area contributed by atoms with Gasteiger partial charge in [-0.15, -0.1) is 0 Å². The van der Waals surface area contributed by atoms with Crippen LogP contribution in [0.1, 0.15) is 21.5 Å². The number of nitrogens with one attached hydrogen (secondary N) is 2. The fourth-order valence-corrected chi connectivity index (χ4v) is 1.96. The van der Waals surface area contributed by atoms with Gasteiger partial charge in [0.05, 0.1) is 0 Å². The summed E-state index contributed by atoms with van der Waals surface area (Å²) in [4.78, 5) is 23.2. The highest BCUT2D eigenvalue weighted by molar-refractivity contribution is 5.94. The summed E-state index contributed by atoms with van der Waals surface area (Å²) in [6.07, 6.45) is 3.04. The molecule has 0 aliphatic heterocycles. The number of hydrogen-bond donors (Lipinski definition) is 2. The summed E-state index contributed by atoms with van der Waals surface area (Å²) in [6.45, 7) is 0.260. The van der Waals surface area contributed by atoms with Gasteiger partial charge >= 0.3 is 0 Å². The zero-order valence-corrected chi connectivity index (χ0v) is 12.7. The fourth-order valence-electron chi connectivity index (χ4n) is 1.96. The molecule has 0 saturated carbocycles. The monoisotopic (exact) mass is 312 g/mol. The quantitative estimate of drug-likeness (QED) is 0.834. The van der Waals surface area contributed by atoms with Crippen LogP contribution in [-0.4, -0.2) is 18.9 Å². The number of halogens is 1. The van der Waals surface area contributed by atoms with Gasteiger partial charge in [0.25, 0.3) is 5.91 Å². The van der Waals surface area contributed by atoms with Crippen molar-refractivity contribution in [2.24, 2.45) is 0 Å². The van der Waals surface area contributed by atoms with E-state index in [4.69, 9.17) is 0 Å². The van der Waals surface area contributed by atoms with Gasteiger partial charge in [-0.3, -0.25) is 9.59 Å². The molecule has 2 aromatic carbocycles. The van der Waals surface area contributed by atoms with Crippen molar-refractivity contribution in [2.45, 2.75) is 6.54 Å². The minimum atomic E-state index is -0.330. The summed E-state index contributed by atoms with van der Waals surface area (Å²) in [5, 5.41) is 5.22. The number of amides is 2. The zero-order valence-electron chi connectivity index (χ0n) is 12.7. The first-order chi connectivity index (χ1) is 11.1. The number of carbonyl (C=O) groups is 2. The third kappa shape index (κ3) is 5.07. The lowest BCUT2D eigenvalue weighted by Gasteiger charge is -2.03. The number of benzene rings is 2. The Balaban J connectivity index is 1.89. The number of carbonyl (C=O) groups excluding carboxylic acids is 2. The molecule has 23 heavy (non-hydrogen) atoms. The lowest BCUT2D eigenvalue weighted by molar-refractivity contribution is -0.116. The van der Waals surface area contributed by atoms with Gasteiger partial charge in [-0.1, -0.05) is 24.3 Å². The summed E-state index contributed by atoms with van der Waals surface area (Å²) in [6, 6.07) is 12.9. The van der Waals surface area contributed by atoms with E-state index >= 15 is 0 Å². The average molecular weight is 312 g/mol. The third-order valence-corrected chi connectivity index (χ3v) is 3.18. The first-order valence-corrected chi connectivity index (χ1v) is 7.11. The van der Waals surface area contributed by atoms with Gasteiger partial charge in [-0.2, -0.15) is 0 Å². The summed E-state index contributed by atoms with van der Waals surface area (Å²) in [5.41, 5.74) is 2.06. The Bertz CT molecular complexity index is 724. The van der Waals surface area contributed by atoms with Crippen LogP contribution in [-0.2, 0) is 11.3 Å². The predicted octanol–water partition coefficient (Wildman–Crippen LogP) is 2.51. The lowest BCUT2D eigenvalue weighted by atomic mass is 10.1. The molecule has 4 nitrogen and oxygen atoms in total. The van der Waals surface area contributed by atoms with E-state index < -0.39 is 0 Å². The normalized spacial score (nSPS) is 10.5. The molecule has 0 aliphatic rings. The molecular formula is C18H17FN2O2. The highest BCUT2D eigenvalue weighted by atomic mass is 19.1. The molecule has 0 unspecified atom stereocenters. The molecule has 2 aromatic rings. The molecule has 0 spiro atoms. The van der Waals surface area contributed by atoms with Crippen LogP contribution in [0.15, 0.2) is 54.6 Å². The number of rotatable bonds is 5. The van der Waals surface area contributed by atoms with Crippen molar-refractivity contribution in [3.63, 3.8) is 0 Å². The highest BCUT2D eigenvalue weighted by Gasteiger charge is 2.01. The second-order valence-corrected chi connectivity index (χ2v) is 4.88. The van der Waals surface area contributed by atoms with E-state index in [1.54, 1.807) is 49.5 Å². The molecule has 0 heterocycles. The van der Waals surface area contributed by atoms with E-state index in [0.717, 1.165) is 5.56 Å². The molecule has 0 fully saturated rings. The molecule has 0 bridgehead atoms. The molecule has 5 heteroatoms. The Morgan fingerprint density at radius 3 is 2.52 bits per heavy atom. The maximum atomic E-state index is 13.0. The fraction of sp³-hybridized carbons (Fsp3) is 0.111. The largest absolute Gasteiger partial charge is 0.355 e. The van der Waals surface area contributed by atoms with Crippen molar-refractivity contribution >= 4 is 17.9 Å². The highest BCUT2D eigenvalue weighted by Crippen LogP contribution is 2.06. The van der Waals surface area contributed by atoms with E-state index in [-0.39, 0.29) is 24.2 Å². The molecule has 2 N–H and O–H groups in total. The van der Waals surface area contributed by atoms with Crippen LogP contribution in [0.4, 0.5) is 4.39 Å². The zero-order chi connectivity index (χ0) is 16.7. The van der Waals surface area contributed by atoms with Crippen LogP contribution < -0.4 is 10.6 Å². The van der Waals surface area contributed by atoms with E-state index in [9.17, 15) is 14.0 Å². The van der Waals surface area contributed by atoms with Crippen LogP contribution in [0.2, 0.25) is 0 Å². The topological polar surface area (TPSA) is 58.2 Å². The van der Waals surface area contributed by atoms with E-state index in [1.807, 2.05) is 0 Å². The Kier molecular flexibility index (Phi) is 5.63. The summed E-state index contributed by atoms with van der Waals surface area (Å²) < 4.78 is 13.0. The Morgan fingerprint density at radius 1 is 1.13 bits per heavy atom. The van der Waals surface area contributed by atoms with Crippen LogP contribution in [0.5, 0.6) is 0 Å². The van der Waals surface area contributed by atoms with Gasteiger partial charge < -0.3 is 10.6 Å². The van der Waals surface area contributed by atoms with Gasteiger partial charge in [0.2, 0.25) is 5.91 Å². The van der Waals surface area contributed by atoms with Crippen LogP contribution in [0, 0.1) is 5.82 Å². The van der Waals surface area contributed by atoms with Gasteiger partial charge in [-0.05, 0) is 41.5 Å². The lowest BCUT2D eigenvalue weighted by Crippen LogP contribution is -2.20. The maximum absolute atomic E-state index is 13.0. The molecule has 118 valence electrons. The van der Waals surface area contributed by atoms with E-state index in [2.05, 4.69) is 10.6 Å². The molecule has 2 rings (SSSR count). The van der Waals surface area contributed by atoms with Crippen molar-refractivity contribution in [1.29, 1.82) is 0 Å². The molecule has 0 aliphatic carbocycles. The second-order valence-electron chi connectivity index (χ2n) is 4.88. The molecule has 0 aromatic heterocycles. The number of hydrogen-bond acceptors (Lipinski definition) is 2. The van der Waals surface area contributed by atoms with Crippen LogP contribution >= 0.6 is 0 Å². The Labute approximate surface area is 134 Å². The van der Waals surface area contributed by atoms with Gasteiger partial charge in [0.15, 0.2) is 0 Å². The summed E-state index contributed by atoms with van der Waals surface area (Å²) in [5.74, 6) is -0.762. The van der Waals surface area contributed by atoms with Crippen LogP contribution in [0.3, 0.4) is 0 Å². The van der Waals surface area contributed by atoms with Crippen molar-refractivity contribution in [3.05, 3.63) is 77.1 Å². The maximum Gasteiger partial charge on any atom is 0.251 e. The van der Waals surface area contributed by atoms with Crippen molar-refractivity contribution in [2.75, 3.05) is 7.05 Å². The molecule has 2 amide bonds. The Hall–Kier alpha value is -2.95. The van der Waals surface area contributed by atoms with Crippen molar-refractivity contribution in [1.82, 2.24) is 10.6 Å². The SMILES string of the molecule is CNC(=O)c1ccc(/C=C/C(=O)NCc2cccc(F)c2)cc1. The minimum absolute atomic E-state index is 0.159.